The average molecular weight is 428 g/mol. The standard InChI is InChI=1S/C21H19NO7S/c1-4-28-20(26)12(3)22-18(23)17(30-21(22)27)10-13-8-9-16(29-13)14-6-5-7-15(11(14)2)19(24)25/h5-10,12H,4H2,1-3H3,(H,24,25)/p-1/b17-10+/t12-/m0/s1. The van der Waals surface area contributed by atoms with Gasteiger partial charge >= 0.3 is 5.97 Å². The molecule has 0 saturated carbocycles. The van der Waals surface area contributed by atoms with E-state index in [2.05, 4.69) is 0 Å². The minimum absolute atomic E-state index is 0.0551. The summed E-state index contributed by atoms with van der Waals surface area (Å²) in [7, 11) is 0. The van der Waals surface area contributed by atoms with E-state index in [0.717, 1.165) is 4.90 Å². The number of furan rings is 1. The monoisotopic (exact) mass is 428 g/mol. The van der Waals surface area contributed by atoms with Crippen molar-refractivity contribution in [3.63, 3.8) is 0 Å². The Bertz CT molecular complexity index is 1070. The summed E-state index contributed by atoms with van der Waals surface area (Å²) in [5.41, 5.74) is 1.11. The Labute approximate surface area is 176 Å². The third-order valence-corrected chi connectivity index (χ3v) is 5.44. The summed E-state index contributed by atoms with van der Waals surface area (Å²) in [4.78, 5) is 48.9. The number of hydrogen-bond donors (Lipinski definition) is 0. The molecule has 1 atom stereocenters. The van der Waals surface area contributed by atoms with Crippen molar-refractivity contribution in [2.75, 3.05) is 6.61 Å². The van der Waals surface area contributed by atoms with Gasteiger partial charge in [-0.2, -0.15) is 0 Å². The van der Waals surface area contributed by atoms with Crippen LogP contribution in [0.15, 0.2) is 39.7 Å². The number of carboxylic acids is 1. The molecule has 2 amide bonds. The van der Waals surface area contributed by atoms with Gasteiger partial charge in [0.1, 0.15) is 17.6 Å². The topological polar surface area (TPSA) is 117 Å². The van der Waals surface area contributed by atoms with Gasteiger partial charge in [0.25, 0.3) is 11.1 Å². The largest absolute Gasteiger partial charge is 0.545 e. The van der Waals surface area contributed by atoms with Crippen LogP contribution in [-0.2, 0) is 14.3 Å². The maximum Gasteiger partial charge on any atom is 0.329 e. The Kier molecular flexibility index (Phi) is 6.12. The van der Waals surface area contributed by atoms with Crippen LogP contribution in [0.25, 0.3) is 17.4 Å². The molecule has 2 aromatic rings. The van der Waals surface area contributed by atoms with Gasteiger partial charge in [0.2, 0.25) is 0 Å². The summed E-state index contributed by atoms with van der Waals surface area (Å²) >= 11 is 0.700. The molecule has 30 heavy (non-hydrogen) atoms. The third-order valence-electron chi connectivity index (χ3n) is 4.56. The molecule has 0 bridgehead atoms. The lowest BCUT2D eigenvalue weighted by atomic mass is 10.0. The number of amides is 2. The maximum absolute atomic E-state index is 12.6. The quantitative estimate of drug-likeness (QED) is 0.509. The summed E-state index contributed by atoms with van der Waals surface area (Å²) in [5.74, 6) is -1.85. The van der Waals surface area contributed by atoms with E-state index < -0.39 is 29.1 Å². The highest BCUT2D eigenvalue weighted by atomic mass is 32.2. The van der Waals surface area contributed by atoms with Crippen molar-refractivity contribution in [3.8, 4) is 11.3 Å². The summed E-state index contributed by atoms with van der Waals surface area (Å²) in [5, 5.41) is 10.6. The molecule has 0 aliphatic carbocycles. The van der Waals surface area contributed by atoms with Crippen LogP contribution in [-0.4, -0.2) is 40.6 Å². The summed E-state index contributed by atoms with van der Waals surface area (Å²) in [6.07, 6.45) is 1.41. The molecule has 1 aliphatic rings. The lowest BCUT2D eigenvalue weighted by Gasteiger charge is -2.19. The lowest BCUT2D eigenvalue weighted by molar-refractivity contribution is -0.255. The minimum Gasteiger partial charge on any atom is -0.545 e. The molecule has 2 heterocycles. The average Bonchev–Trinajstić information content (AvgIpc) is 3.26. The molecule has 0 radical (unpaired) electrons. The van der Waals surface area contributed by atoms with E-state index in [1.54, 1.807) is 38.1 Å². The van der Waals surface area contributed by atoms with E-state index in [9.17, 15) is 24.3 Å². The number of benzene rings is 1. The Morgan fingerprint density at radius 3 is 2.67 bits per heavy atom. The van der Waals surface area contributed by atoms with Gasteiger partial charge in [0.15, 0.2) is 0 Å². The minimum atomic E-state index is -1.29. The highest BCUT2D eigenvalue weighted by Gasteiger charge is 2.41. The molecule has 1 aromatic heterocycles. The molecule has 1 aliphatic heterocycles. The highest BCUT2D eigenvalue weighted by molar-refractivity contribution is 8.18. The summed E-state index contributed by atoms with van der Waals surface area (Å²) < 4.78 is 10.6. The van der Waals surface area contributed by atoms with Gasteiger partial charge in [-0.25, -0.2) is 4.79 Å². The molecule has 156 valence electrons. The fraction of sp³-hybridized carbons (Fsp3) is 0.238. The molecular weight excluding hydrogens is 410 g/mol. The first kappa shape index (κ1) is 21.4. The highest BCUT2D eigenvalue weighted by Crippen LogP contribution is 2.35. The van der Waals surface area contributed by atoms with Crippen molar-refractivity contribution in [1.29, 1.82) is 0 Å². The molecule has 1 saturated heterocycles. The van der Waals surface area contributed by atoms with Crippen LogP contribution in [0, 0.1) is 6.92 Å². The third kappa shape index (κ3) is 4.02. The van der Waals surface area contributed by atoms with Crippen molar-refractivity contribution >= 4 is 40.9 Å². The number of imide groups is 1. The first-order valence-corrected chi connectivity index (χ1v) is 9.91. The Hall–Kier alpha value is -3.33. The SMILES string of the molecule is CCOC(=O)[C@H](C)N1C(=O)S/C(=C/c2ccc(-c3cccc(C(=O)[O-])c3C)o2)C1=O. The normalized spacial score (nSPS) is 16.2. The number of nitrogens with zero attached hydrogens (tertiary/aromatic N) is 1. The zero-order valence-electron chi connectivity index (χ0n) is 16.5. The molecular formula is C21H18NO7S-. The van der Waals surface area contributed by atoms with E-state index >= 15 is 0 Å². The molecule has 1 fully saturated rings. The van der Waals surface area contributed by atoms with Crippen molar-refractivity contribution in [2.24, 2.45) is 0 Å². The summed E-state index contributed by atoms with van der Waals surface area (Å²) in [6, 6.07) is 6.93. The number of rotatable bonds is 6. The van der Waals surface area contributed by atoms with Crippen LogP contribution in [0.4, 0.5) is 4.79 Å². The van der Waals surface area contributed by atoms with Crippen molar-refractivity contribution < 1.29 is 33.4 Å². The fourth-order valence-electron chi connectivity index (χ4n) is 3.01. The van der Waals surface area contributed by atoms with Gasteiger partial charge in [0.05, 0.1) is 17.5 Å². The molecule has 9 heteroatoms. The molecule has 0 unspecified atom stereocenters. The van der Waals surface area contributed by atoms with Crippen LogP contribution in [0.2, 0.25) is 0 Å². The number of esters is 1. The Morgan fingerprint density at radius 2 is 2.00 bits per heavy atom. The number of aromatic carboxylic acids is 1. The number of ether oxygens (including phenoxy) is 1. The maximum atomic E-state index is 12.6. The number of carbonyl (C=O) groups excluding carboxylic acids is 4. The number of hydrogen-bond acceptors (Lipinski definition) is 8. The van der Waals surface area contributed by atoms with E-state index in [4.69, 9.17) is 9.15 Å². The Balaban J connectivity index is 1.86. The zero-order valence-corrected chi connectivity index (χ0v) is 17.3. The van der Waals surface area contributed by atoms with E-state index in [-0.39, 0.29) is 17.1 Å². The smallest absolute Gasteiger partial charge is 0.329 e. The molecule has 0 spiro atoms. The zero-order chi connectivity index (χ0) is 22.0. The van der Waals surface area contributed by atoms with Crippen LogP contribution in [0.1, 0.15) is 35.5 Å². The lowest BCUT2D eigenvalue weighted by Crippen LogP contribution is -2.42. The second kappa shape index (κ2) is 8.58. The van der Waals surface area contributed by atoms with Gasteiger partial charge in [-0.1, -0.05) is 18.2 Å². The molecule has 3 rings (SSSR count). The van der Waals surface area contributed by atoms with E-state index in [1.807, 2.05) is 0 Å². The molecule has 0 N–H and O–H groups in total. The van der Waals surface area contributed by atoms with Gasteiger partial charge in [0, 0.05) is 17.2 Å². The van der Waals surface area contributed by atoms with E-state index in [0.29, 0.717) is 34.4 Å². The first-order chi connectivity index (χ1) is 14.2. The van der Waals surface area contributed by atoms with Gasteiger partial charge in [-0.05, 0) is 50.2 Å². The second-order valence-corrected chi connectivity index (χ2v) is 7.44. The fourth-order valence-corrected chi connectivity index (χ4v) is 3.90. The van der Waals surface area contributed by atoms with Crippen LogP contribution < -0.4 is 5.11 Å². The summed E-state index contributed by atoms with van der Waals surface area (Å²) in [6.45, 7) is 4.85. The van der Waals surface area contributed by atoms with Gasteiger partial charge < -0.3 is 19.1 Å². The van der Waals surface area contributed by atoms with Gasteiger partial charge in [-0.15, -0.1) is 0 Å². The van der Waals surface area contributed by atoms with Gasteiger partial charge in [-0.3, -0.25) is 14.5 Å². The molecule has 8 nitrogen and oxygen atoms in total. The Morgan fingerprint density at radius 1 is 1.27 bits per heavy atom. The molecule has 1 aromatic carbocycles. The second-order valence-electron chi connectivity index (χ2n) is 6.45. The van der Waals surface area contributed by atoms with Crippen molar-refractivity contribution in [3.05, 3.63) is 52.1 Å². The van der Waals surface area contributed by atoms with Crippen molar-refractivity contribution in [1.82, 2.24) is 4.90 Å². The van der Waals surface area contributed by atoms with Crippen LogP contribution >= 0.6 is 11.8 Å². The number of carboxylic acid groups (broad SMARTS) is 1. The van der Waals surface area contributed by atoms with Crippen LogP contribution in [0.3, 0.4) is 0 Å². The van der Waals surface area contributed by atoms with Crippen LogP contribution in [0.5, 0.6) is 0 Å². The predicted octanol–water partition coefficient (Wildman–Crippen LogP) is 2.61. The number of thioether (sulfide) groups is 1. The van der Waals surface area contributed by atoms with Crippen molar-refractivity contribution in [2.45, 2.75) is 26.8 Å². The first-order valence-electron chi connectivity index (χ1n) is 9.09. The van der Waals surface area contributed by atoms with E-state index in [1.165, 1.54) is 19.1 Å². The number of carbonyl (C=O) groups is 4. The predicted molar refractivity (Wildman–Crippen MR) is 107 cm³/mol.